The van der Waals surface area contributed by atoms with Gasteiger partial charge >= 0.3 is 5.97 Å². The Kier molecular flexibility index (Phi) is 6.53. The average Bonchev–Trinajstić information content (AvgIpc) is 3.01. The summed E-state index contributed by atoms with van der Waals surface area (Å²) in [6.45, 7) is 2.56. The molecule has 0 amide bonds. The minimum atomic E-state index is -0.896. The van der Waals surface area contributed by atoms with E-state index in [0.29, 0.717) is 25.3 Å². The topological polar surface area (TPSA) is 90.1 Å². The number of tetrazole rings is 1. The van der Waals surface area contributed by atoms with E-state index < -0.39 is 12.0 Å². The van der Waals surface area contributed by atoms with Crippen molar-refractivity contribution in [2.45, 2.75) is 45.1 Å². The Balaban J connectivity index is 1.88. The molecule has 0 aliphatic rings. The van der Waals surface area contributed by atoms with E-state index >= 15 is 0 Å². The Morgan fingerprint density at radius 3 is 2.78 bits per heavy atom. The van der Waals surface area contributed by atoms with Crippen molar-refractivity contribution in [1.82, 2.24) is 20.2 Å². The molecule has 1 aromatic carbocycles. The van der Waals surface area contributed by atoms with Crippen LogP contribution in [0.4, 0.5) is 0 Å². The Bertz CT molecular complexity index is 600. The van der Waals surface area contributed by atoms with Crippen LogP contribution in [0.3, 0.4) is 0 Å². The van der Waals surface area contributed by atoms with Gasteiger partial charge in [-0.25, -0.2) is 9.48 Å². The van der Waals surface area contributed by atoms with Crippen molar-refractivity contribution < 1.29 is 14.6 Å². The van der Waals surface area contributed by atoms with Crippen LogP contribution in [0.25, 0.3) is 0 Å². The Labute approximate surface area is 135 Å². The largest absolute Gasteiger partial charge is 0.494 e. The van der Waals surface area contributed by atoms with Crippen LogP contribution in [0.15, 0.2) is 30.3 Å². The van der Waals surface area contributed by atoms with E-state index in [4.69, 9.17) is 4.74 Å². The van der Waals surface area contributed by atoms with Crippen molar-refractivity contribution in [2.24, 2.45) is 0 Å². The van der Waals surface area contributed by atoms with Gasteiger partial charge in [0.05, 0.1) is 6.61 Å². The van der Waals surface area contributed by atoms with E-state index in [2.05, 4.69) is 15.5 Å². The minimum absolute atomic E-state index is 0.531. The van der Waals surface area contributed by atoms with Gasteiger partial charge in [-0.3, -0.25) is 0 Å². The number of para-hydroxylation sites is 1. The number of aliphatic carboxylic acids is 1. The summed E-state index contributed by atoms with van der Waals surface area (Å²) in [7, 11) is 0. The number of ether oxygens (including phenoxy) is 1. The number of benzene rings is 1. The zero-order valence-corrected chi connectivity index (χ0v) is 13.3. The molecule has 0 saturated heterocycles. The lowest BCUT2D eigenvalue weighted by Gasteiger charge is -2.13. The predicted octanol–water partition coefficient (Wildman–Crippen LogP) is 2.50. The number of unbranched alkanes of at least 4 members (excludes halogenated alkanes) is 1. The van der Waals surface area contributed by atoms with Crippen molar-refractivity contribution >= 4 is 5.97 Å². The zero-order valence-electron chi connectivity index (χ0n) is 13.3. The van der Waals surface area contributed by atoms with Crippen LogP contribution in [0.1, 0.15) is 44.5 Å². The first kappa shape index (κ1) is 16.9. The van der Waals surface area contributed by atoms with Crippen LogP contribution in [0.5, 0.6) is 5.75 Å². The first-order valence-electron chi connectivity index (χ1n) is 7.89. The highest BCUT2D eigenvalue weighted by Gasteiger charge is 2.23. The fourth-order valence-electron chi connectivity index (χ4n) is 2.30. The van der Waals surface area contributed by atoms with Gasteiger partial charge in [-0.15, -0.1) is 5.10 Å². The number of carbonyl (C=O) groups is 1. The van der Waals surface area contributed by atoms with E-state index in [1.54, 1.807) is 0 Å². The third kappa shape index (κ3) is 5.05. The van der Waals surface area contributed by atoms with Crippen molar-refractivity contribution in [3.8, 4) is 5.75 Å². The smallest absolute Gasteiger partial charge is 0.328 e. The van der Waals surface area contributed by atoms with Gasteiger partial charge in [-0.2, -0.15) is 0 Å². The van der Waals surface area contributed by atoms with E-state index in [-0.39, 0.29) is 0 Å². The lowest BCUT2D eigenvalue weighted by molar-refractivity contribution is -0.141. The summed E-state index contributed by atoms with van der Waals surface area (Å²) in [5.41, 5.74) is 0. The summed E-state index contributed by atoms with van der Waals surface area (Å²) in [6, 6.07) is 8.87. The summed E-state index contributed by atoms with van der Waals surface area (Å²) in [6.07, 6.45) is 3.59. The van der Waals surface area contributed by atoms with Gasteiger partial charge in [-0.1, -0.05) is 38.0 Å². The number of rotatable bonds is 10. The van der Waals surface area contributed by atoms with Crippen LogP contribution < -0.4 is 4.74 Å². The summed E-state index contributed by atoms with van der Waals surface area (Å²) in [5, 5.41) is 20.8. The molecule has 124 valence electrons. The molecule has 0 bridgehead atoms. The fraction of sp³-hybridized carbons (Fsp3) is 0.500. The fourth-order valence-corrected chi connectivity index (χ4v) is 2.30. The number of carboxylic acids is 1. The molecule has 0 aliphatic carbocycles. The molecule has 0 radical (unpaired) electrons. The minimum Gasteiger partial charge on any atom is -0.494 e. The van der Waals surface area contributed by atoms with Gasteiger partial charge in [0, 0.05) is 6.42 Å². The van der Waals surface area contributed by atoms with E-state index in [1.165, 1.54) is 4.68 Å². The van der Waals surface area contributed by atoms with Crippen molar-refractivity contribution in [2.75, 3.05) is 6.61 Å². The molecule has 0 saturated carbocycles. The maximum atomic E-state index is 11.4. The molecular formula is C16H22N4O3. The highest BCUT2D eigenvalue weighted by molar-refractivity contribution is 5.71. The van der Waals surface area contributed by atoms with Crippen molar-refractivity contribution in [3.63, 3.8) is 0 Å². The van der Waals surface area contributed by atoms with Crippen LogP contribution >= 0.6 is 0 Å². The summed E-state index contributed by atoms with van der Waals surface area (Å²) in [5.74, 6) is 0.510. The van der Waals surface area contributed by atoms with E-state index in [0.717, 1.165) is 25.0 Å². The molecular weight excluding hydrogens is 296 g/mol. The molecule has 1 atom stereocenters. The maximum Gasteiger partial charge on any atom is 0.328 e. The summed E-state index contributed by atoms with van der Waals surface area (Å²) in [4.78, 5) is 11.4. The Morgan fingerprint density at radius 1 is 1.30 bits per heavy atom. The van der Waals surface area contributed by atoms with Crippen LogP contribution in [0, 0.1) is 0 Å². The highest BCUT2D eigenvalue weighted by Crippen LogP contribution is 2.16. The molecule has 23 heavy (non-hydrogen) atoms. The van der Waals surface area contributed by atoms with Crippen LogP contribution in [-0.2, 0) is 11.2 Å². The van der Waals surface area contributed by atoms with Crippen molar-refractivity contribution in [1.29, 1.82) is 0 Å². The molecule has 1 unspecified atom stereocenters. The predicted molar refractivity (Wildman–Crippen MR) is 84.3 cm³/mol. The number of hydrogen-bond donors (Lipinski definition) is 1. The Hall–Kier alpha value is -2.44. The third-order valence-corrected chi connectivity index (χ3v) is 3.53. The molecule has 2 aromatic rings. The highest BCUT2D eigenvalue weighted by atomic mass is 16.5. The molecule has 7 nitrogen and oxygen atoms in total. The lowest BCUT2D eigenvalue weighted by atomic mass is 10.1. The molecule has 1 aromatic heterocycles. The van der Waals surface area contributed by atoms with Gasteiger partial charge in [0.25, 0.3) is 0 Å². The second kappa shape index (κ2) is 8.87. The normalized spacial score (nSPS) is 12.0. The molecule has 1 N–H and O–H groups in total. The number of carboxylic acid groups (broad SMARTS) is 1. The van der Waals surface area contributed by atoms with Crippen LogP contribution in [0.2, 0.25) is 0 Å². The van der Waals surface area contributed by atoms with Gasteiger partial charge in [0.15, 0.2) is 11.9 Å². The zero-order chi connectivity index (χ0) is 16.5. The second-order valence-corrected chi connectivity index (χ2v) is 5.30. The van der Waals surface area contributed by atoms with Gasteiger partial charge in [0.1, 0.15) is 5.75 Å². The quantitative estimate of drug-likeness (QED) is 0.677. The molecule has 7 heteroatoms. The lowest BCUT2D eigenvalue weighted by Crippen LogP contribution is -2.22. The molecule has 1 heterocycles. The molecule has 2 rings (SSSR count). The van der Waals surface area contributed by atoms with Gasteiger partial charge < -0.3 is 9.84 Å². The van der Waals surface area contributed by atoms with Gasteiger partial charge in [-0.05, 0) is 35.4 Å². The first-order valence-corrected chi connectivity index (χ1v) is 7.89. The number of nitrogens with zero attached hydrogens (tertiary/aromatic N) is 4. The van der Waals surface area contributed by atoms with Gasteiger partial charge in [0.2, 0.25) is 0 Å². The van der Waals surface area contributed by atoms with E-state index in [9.17, 15) is 9.90 Å². The Morgan fingerprint density at radius 2 is 2.09 bits per heavy atom. The number of hydrogen-bond acceptors (Lipinski definition) is 5. The third-order valence-electron chi connectivity index (χ3n) is 3.53. The summed E-state index contributed by atoms with van der Waals surface area (Å²) >= 11 is 0. The van der Waals surface area contributed by atoms with Crippen molar-refractivity contribution in [3.05, 3.63) is 36.2 Å². The SMILES string of the molecule is CCCCC(C(=O)O)n1nnnc1CCCOc1ccccc1. The molecule has 0 aliphatic heterocycles. The molecule has 0 fully saturated rings. The van der Waals surface area contributed by atoms with E-state index in [1.807, 2.05) is 37.3 Å². The average molecular weight is 318 g/mol. The monoisotopic (exact) mass is 318 g/mol. The molecule has 0 spiro atoms. The standard InChI is InChI=1S/C16H22N4O3/c1-2-3-10-14(16(21)22)20-15(17-18-19-20)11-7-12-23-13-8-5-4-6-9-13/h4-6,8-9,14H,2-3,7,10-12H2,1H3,(H,21,22). The maximum absolute atomic E-state index is 11.4. The first-order chi connectivity index (χ1) is 11.2. The number of aryl methyl sites for hydroxylation is 1. The summed E-state index contributed by atoms with van der Waals surface area (Å²) < 4.78 is 7.05. The second-order valence-electron chi connectivity index (χ2n) is 5.30. The van der Waals surface area contributed by atoms with Crippen LogP contribution in [-0.4, -0.2) is 37.9 Å². The number of aromatic nitrogens is 4.